The van der Waals surface area contributed by atoms with Crippen molar-refractivity contribution in [2.45, 2.75) is 39.2 Å². The maximum atomic E-state index is 6.17. The van der Waals surface area contributed by atoms with E-state index >= 15 is 0 Å². The van der Waals surface area contributed by atoms with Crippen LogP contribution in [0.5, 0.6) is 0 Å². The van der Waals surface area contributed by atoms with Crippen molar-refractivity contribution in [3.63, 3.8) is 0 Å². The highest BCUT2D eigenvalue weighted by Gasteiger charge is 2.31. The lowest BCUT2D eigenvalue weighted by atomic mass is 9.78. The average molecular weight is 312 g/mol. The van der Waals surface area contributed by atoms with Crippen LogP contribution in [-0.2, 0) is 0 Å². The molecule has 4 rings (SSSR count). The van der Waals surface area contributed by atoms with Crippen LogP contribution in [0.1, 0.15) is 37.8 Å². The molecule has 3 heterocycles. The molecule has 1 aliphatic carbocycles. The Bertz CT molecular complexity index is 826. The maximum absolute atomic E-state index is 6.17. The van der Waals surface area contributed by atoms with Gasteiger partial charge in [-0.3, -0.25) is 0 Å². The zero-order chi connectivity index (χ0) is 15.3. The van der Waals surface area contributed by atoms with E-state index in [-0.39, 0.29) is 0 Å². The van der Waals surface area contributed by atoms with Gasteiger partial charge in [0.2, 0.25) is 0 Å². The predicted octanol–water partition coefficient (Wildman–Crippen LogP) is 4.41. The molecule has 0 radical (unpaired) electrons. The van der Waals surface area contributed by atoms with Crippen LogP contribution in [0.15, 0.2) is 24.0 Å². The standard InChI is InChI=1S/C17H20N4S/c1-3-11-5-12(6-11)21-7-13(14-4-10(2)8-22-14)15-16(18)19-9-20-17(15)21/h4,7-9,11-12H,3,5-6H2,1-2H3,(H2,18,19,20). The molecule has 0 unspecified atom stereocenters. The van der Waals surface area contributed by atoms with Crippen LogP contribution in [0.3, 0.4) is 0 Å². The summed E-state index contributed by atoms with van der Waals surface area (Å²) in [4.78, 5) is 9.98. The lowest BCUT2D eigenvalue weighted by Crippen LogP contribution is -2.25. The van der Waals surface area contributed by atoms with Gasteiger partial charge in [0.05, 0.1) is 5.39 Å². The van der Waals surface area contributed by atoms with Gasteiger partial charge in [-0.05, 0) is 42.7 Å². The van der Waals surface area contributed by atoms with Gasteiger partial charge in [0.1, 0.15) is 17.8 Å². The van der Waals surface area contributed by atoms with E-state index < -0.39 is 0 Å². The third-order valence-corrected chi connectivity index (χ3v) is 5.90. The van der Waals surface area contributed by atoms with Gasteiger partial charge < -0.3 is 10.3 Å². The molecule has 0 aromatic carbocycles. The van der Waals surface area contributed by atoms with Crippen molar-refractivity contribution < 1.29 is 0 Å². The minimum atomic E-state index is 0.552. The molecule has 0 amide bonds. The molecule has 1 fully saturated rings. The van der Waals surface area contributed by atoms with Gasteiger partial charge >= 0.3 is 0 Å². The van der Waals surface area contributed by atoms with Crippen LogP contribution in [0.25, 0.3) is 21.5 Å². The summed E-state index contributed by atoms with van der Waals surface area (Å²) in [5.41, 5.74) is 9.60. The first kappa shape index (κ1) is 13.8. The molecular weight excluding hydrogens is 292 g/mol. The van der Waals surface area contributed by atoms with Crippen LogP contribution >= 0.6 is 11.3 Å². The average Bonchev–Trinajstić information content (AvgIpc) is 3.03. The summed E-state index contributed by atoms with van der Waals surface area (Å²) in [7, 11) is 0. The van der Waals surface area contributed by atoms with Crippen molar-refractivity contribution in [2.75, 3.05) is 5.73 Å². The van der Waals surface area contributed by atoms with E-state index in [0.717, 1.165) is 17.0 Å². The van der Waals surface area contributed by atoms with Gasteiger partial charge in [-0.25, -0.2) is 9.97 Å². The molecule has 114 valence electrons. The van der Waals surface area contributed by atoms with E-state index in [2.05, 4.69) is 46.0 Å². The van der Waals surface area contributed by atoms with Crippen molar-refractivity contribution in [3.8, 4) is 10.4 Å². The van der Waals surface area contributed by atoms with Gasteiger partial charge in [-0.15, -0.1) is 11.3 Å². The van der Waals surface area contributed by atoms with Gasteiger partial charge in [-0.1, -0.05) is 13.3 Å². The smallest absolute Gasteiger partial charge is 0.146 e. The second kappa shape index (κ2) is 5.09. The zero-order valence-electron chi connectivity index (χ0n) is 12.9. The topological polar surface area (TPSA) is 56.7 Å². The molecule has 0 bridgehead atoms. The molecule has 5 heteroatoms. The molecule has 2 N–H and O–H groups in total. The molecule has 1 saturated carbocycles. The number of fused-ring (bicyclic) bond motifs is 1. The lowest BCUT2D eigenvalue weighted by molar-refractivity contribution is 0.196. The molecule has 0 atom stereocenters. The summed E-state index contributed by atoms with van der Waals surface area (Å²) < 4.78 is 2.32. The third kappa shape index (κ3) is 2.03. The molecule has 1 aliphatic rings. The second-order valence-electron chi connectivity index (χ2n) is 6.30. The Hall–Kier alpha value is -1.88. The van der Waals surface area contributed by atoms with E-state index in [4.69, 9.17) is 5.73 Å². The second-order valence-corrected chi connectivity index (χ2v) is 7.21. The summed E-state index contributed by atoms with van der Waals surface area (Å²) in [5.74, 6) is 1.44. The maximum Gasteiger partial charge on any atom is 0.146 e. The van der Waals surface area contributed by atoms with Crippen LogP contribution in [0.2, 0.25) is 0 Å². The van der Waals surface area contributed by atoms with E-state index in [9.17, 15) is 0 Å². The highest BCUT2D eigenvalue weighted by Crippen LogP contribution is 2.44. The van der Waals surface area contributed by atoms with Crippen molar-refractivity contribution in [1.29, 1.82) is 0 Å². The monoisotopic (exact) mass is 312 g/mol. The Morgan fingerprint density at radius 2 is 2.18 bits per heavy atom. The minimum Gasteiger partial charge on any atom is -0.383 e. The molecule has 3 aromatic heterocycles. The summed E-state index contributed by atoms with van der Waals surface area (Å²) in [6.07, 6.45) is 7.56. The summed E-state index contributed by atoms with van der Waals surface area (Å²) in [5, 5.41) is 3.18. The Morgan fingerprint density at radius 1 is 1.36 bits per heavy atom. The van der Waals surface area contributed by atoms with Crippen molar-refractivity contribution in [2.24, 2.45) is 5.92 Å². The van der Waals surface area contributed by atoms with Gasteiger partial charge in [0, 0.05) is 22.7 Å². The molecule has 0 aliphatic heterocycles. The Labute approximate surface area is 134 Å². The molecule has 0 saturated heterocycles. The van der Waals surface area contributed by atoms with E-state index in [1.54, 1.807) is 17.7 Å². The van der Waals surface area contributed by atoms with Crippen LogP contribution < -0.4 is 5.73 Å². The first-order chi connectivity index (χ1) is 10.7. The number of aryl methyl sites for hydroxylation is 1. The first-order valence-electron chi connectivity index (χ1n) is 7.84. The van der Waals surface area contributed by atoms with Gasteiger partial charge in [0.25, 0.3) is 0 Å². The molecule has 4 nitrogen and oxygen atoms in total. The van der Waals surface area contributed by atoms with E-state index in [1.807, 2.05) is 0 Å². The number of hydrogen-bond acceptors (Lipinski definition) is 4. The largest absolute Gasteiger partial charge is 0.383 e. The summed E-state index contributed by atoms with van der Waals surface area (Å²) in [6, 6.07) is 2.77. The number of nitrogen functional groups attached to an aromatic ring is 1. The van der Waals surface area contributed by atoms with Crippen molar-refractivity contribution in [3.05, 3.63) is 29.5 Å². The summed E-state index contributed by atoms with van der Waals surface area (Å²) in [6.45, 7) is 4.39. The number of anilines is 1. The van der Waals surface area contributed by atoms with Crippen molar-refractivity contribution >= 4 is 28.2 Å². The van der Waals surface area contributed by atoms with Crippen molar-refractivity contribution in [1.82, 2.24) is 14.5 Å². The molecule has 3 aromatic rings. The number of nitrogens with two attached hydrogens (primary N) is 1. The summed E-state index contributed by atoms with van der Waals surface area (Å²) >= 11 is 1.76. The molecular formula is C17H20N4S. The number of thiophene rings is 1. The van der Waals surface area contributed by atoms with E-state index in [1.165, 1.54) is 35.3 Å². The van der Waals surface area contributed by atoms with Crippen LogP contribution in [0, 0.1) is 12.8 Å². The quantitative estimate of drug-likeness (QED) is 0.779. The molecule has 22 heavy (non-hydrogen) atoms. The first-order valence-corrected chi connectivity index (χ1v) is 8.71. The van der Waals surface area contributed by atoms with Crippen LogP contribution in [-0.4, -0.2) is 14.5 Å². The normalized spacial score (nSPS) is 21.2. The fourth-order valence-electron chi connectivity index (χ4n) is 3.41. The number of aromatic nitrogens is 3. The number of rotatable bonds is 3. The number of hydrogen-bond donors (Lipinski definition) is 1. The highest BCUT2D eigenvalue weighted by atomic mass is 32.1. The van der Waals surface area contributed by atoms with Gasteiger partial charge in [0.15, 0.2) is 0 Å². The minimum absolute atomic E-state index is 0.552. The van der Waals surface area contributed by atoms with Gasteiger partial charge in [-0.2, -0.15) is 0 Å². The fraction of sp³-hybridized carbons (Fsp3) is 0.412. The SMILES string of the molecule is CCC1CC(n2cc(-c3cc(C)cs3)c3c(N)ncnc32)C1. The lowest BCUT2D eigenvalue weighted by Gasteiger charge is -2.36. The highest BCUT2D eigenvalue weighted by molar-refractivity contribution is 7.13. The predicted molar refractivity (Wildman–Crippen MR) is 92.0 cm³/mol. The van der Waals surface area contributed by atoms with E-state index in [0.29, 0.717) is 11.9 Å². The molecule has 0 spiro atoms. The fourth-order valence-corrected chi connectivity index (χ4v) is 4.32. The number of nitrogens with zero attached hydrogens (tertiary/aromatic N) is 3. The zero-order valence-corrected chi connectivity index (χ0v) is 13.7. The Kier molecular flexibility index (Phi) is 3.18. The third-order valence-electron chi connectivity index (χ3n) is 4.82. The Morgan fingerprint density at radius 3 is 2.86 bits per heavy atom. The van der Waals surface area contributed by atoms with Crippen LogP contribution in [0.4, 0.5) is 5.82 Å². The Balaban J connectivity index is 1.87.